The lowest BCUT2D eigenvalue weighted by Crippen LogP contribution is -2.36. The van der Waals surface area contributed by atoms with Crippen LogP contribution in [0.2, 0.25) is 0 Å². The SMILES string of the molecule is CCNC(=NCc1ccc(NC(=O)NC(C)C)cc1)NCc1ccccc1OCC. The number of aliphatic imine (C=N–C) groups is 1. The van der Waals surface area contributed by atoms with Crippen LogP contribution in [-0.2, 0) is 13.1 Å². The molecular formula is C23H33N5O2. The number of benzene rings is 2. The second-order valence-corrected chi connectivity index (χ2v) is 7.04. The molecule has 2 aromatic carbocycles. The first kappa shape index (κ1) is 23.1. The third-order valence-electron chi connectivity index (χ3n) is 4.11. The molecule has 0 aromatic heterocycles. The van der Waals surface area contributed by atoms with Crippen LogP contribution in [0.1, 0.15) is 38.8 Å². The minimum atomic E-state index is -0.207. The first-order chi connectivity index (χ1) is 14.5. The van der Waals surface area contributed by atoms with E-state index in [-0.39, 0.29) is 12.1 Å². The average Bonchev–Trinajstić information content (AvgIpc) is 2.71. The van der Waals surface area contributed by atoms with E-state index in [2.05, 4.69) is 26.3 Å². The number of amides is 2. The van der Waals surface area contributed by atoms with Crippen molar-refractivity contribution < 1.29 is 9.53 Å². The van der Waals surface area contributed by atoms with E-state index in [0.717, 1.165) is 35.1 Å². The number of carbonyl (C=O) groups excluding carboxylic acids is 1. The van der Waals surface area contributed by atoms with Crippen molar-refractivity contribution in [2.24, 2.45) is 4.99 Å². The van der Waals surface area contributed by atoms with Gasteiger partial charge in [-0.25, -0.2) is 9.79 Å². The summed E-state index contributed by atoms with van der Waals surface area (Å²) in [6.45, 7) is 10.4. The molecule has 0 atom stereocenters. The van der Waals surface area contributed by atoms with Crippen molar-refractivity contribution in [1.82, 2.24) is 16.0 Å². The standard InChI is InChI=1S/C23H33N5O2/c1-5-24-22(26-16-19-9-7-8-10-21(19)30-6-2)25-15-18-11-13-20(14-12-18)28-23(29)27-17(3)4/h7-14,17H,5-6,15-16H2,1-4H3,(H2,24,25,26)(H2,27,28,29). The minimum Gasteiger partial charge on any atom is -0.494 e. The Morgan fingerprint density at radius 2 is 1.77 bits per heavy atom. The Hall–Kier alpha value is -3.22. The van der Waals surface area contributed by atoms with Crippen molar-refractivity contribution in [2.75, 3.05) is 18.5 Å². The van der Waals surface area contributed by atoms with Crippen LogP contribution in [0.4, 0.5) is 10.5 Å². The number of hydrogen-bond donors (Lipinski definition) is 4. The number of anilines is 1. The molecule has 0 bridgehead atoms. The molecule has 30 heavy (non-hydrogen) atoms. The summed E-state index contributed by atoms with van der Waals surface area (Å²) in [7, 11) is 0. The number of carbonyl (C=O) groups is 1. The highest BCUT2D eigenvalue weighted by atomic mass is 16.5. The lowest BCUT2D eigenvalue weighted by molar-refractivity contribution is 0.250. The van der Waals surface area contributed by atoms with Gasteiger partial charge in [0.25, 0.3) is 0 Å². The van der Waals surface area contributed by atoms with Crippen LogP contribution < -0.4 is 26.0 Å². The molecule has 4 N–H and O–H groups in total. The Morgan fingerprint density at radius 3 is 2.43 bits per heavy atom. The second kappa shape index (κ2) is 12.4. The summed E-state index contributed by atoms with van der Waals surface area (Å²) in [6.07, 6.45) is 0. The van der Waals surface area contributed by atoms with E-state index < -0.39 is 0 Å². The van der Waals surface area contributed by atoms with Gasteiger partial charge in [0, 0.05) is 30.4 Å². The molecule has 0 fully saturated rings. The molecule has 0 saturated carbocycles. The van der Waals surface area contributed by atoms with Crippen molar-refractivity contribution in [3.8, 4) is 5.75 Å². The smallest absolute Gasteiger partial charge is 0.319 e. The molecule has 0 saturated heterocycles. The number of ether oxygens (including phenoxy) is 1. The van der Waals surface area contributed by atoms with Crippen LogP contribution >= 0.6 is 0 Å². The van der Waals surface area contributed by atoms with Crippen LogP contribution in [0, 0.1) is 0 Å². The molecule has 0 unspecified atom stereocenters. The van der Waals surface area contributed by atoms with E-state index in [1.54, 1.807) is 0 Å². The van der Waals surface area contributed by atoms with Crippen LogP contribution in [0.15, 0.2) is 53.5 Å². The molecule has 2 aromatic rings. The van der Waals surface area contributed by atoms with E-state index in [4.69, 9.17) is 4.74 Å². The van der Waals surface area contributed by atoms with E-state index >= 15 is 0 Å². The Morgan fingerprint density at radius 1 is 1.03 bits per heavy atom. The summed E-state index contributed by atoms with van der Waals surface area (Å²) in [5, 5.41) is 12.2. The van der Waals surface area contributed by atoms with Gasteiger partial charge in [0.05, 0.1) is 13.2 Å². The van der Waals surface area contributed by atoms with Crippen molar-refractivity contribution in [3.63, 3.8) is 0 Å². The number of nitrogens with one attached hydrogen (secondary N) is 4. The van der Waals surface area contributed by atoms with E-state index in [9.17, 15) is 4.79 Å². The van der Waals surface area contributed by atoms with Crippen LogP contribution in [0.25, 0.3) is 0 Å². The molecule has 0 radical (unpaired) electrons. The van der Waals surface area contributed by atoms with Gasteiger partial charge in [-0.1, -0.05) is 30.3 Å². The quantitative estimate of drug-likeness (QED) is 0.373. The number of rotatable bonds is 9. The maximum absolute atomic E-state index is 11.8. The zero-order chi connectivity index (χ0) is 21.8. The summed E-state index contributed by atoms with van der Waals surface area (Å²) in [5.41, 5.74) is 2.88. The number of guanidine groups is 1. The Labute approximate surface area is 179 Å². The Balaban J connectivity index is 1.95. The molecule has 2 amide bonds. The third kappa shape index (κ3) is 8.03. The molecule has 0 aliphatic rings. The molecular weight excluding hydrogens is 378 g/mol. The molecule has 0 spiro atoms. The van der Waals surface area contributed by atoms with E-state index in [0.29, 0.717) is 19.7 Å². The van der Waals surface area contributed by atoms with Gasteiger partial charge in [0.15, 0.2) is 5.96 Å². The topological polar surface area (TPSA) is 86.8 Å². The number of nitrogens with zero attached hydrogens (tertiary/aromatic N) is 1. The summed E-state index contributed by atoms with van der Waals surface area (Å²) < 4.78 is 5.68. The largest absolute Gasteiger partial charge is 0.494 e. The molecule has 0 aliphatic carbocycles. The van der Waals surface area contributed by atoms with E-state index in [1.165, 1.54) is 0 Å². The van der Waals surface area contributed by atoms with Crippen molar-refractivity contribution in [1.29, 1.82) is 0 Å². The second-order valence-electron chi connectivity index (χ2n) is 7.04. The van der Waals surface area contributed by atoms with Gasteiger partial charge in [-0.2, -0.15) is 0 Å². The van der Waals surface area contributed by atoms with E-state index in [1.807, 2.05) is 76.2 Å². The summed E-state index contributed by atoms with van der Waals surface area (Å²) >= 11 is 0. The number of hydrogen-bond acceptors (Lipinski definition) is 3. The molecule has 7 heteroatoms. The average molecular weight is 412 g/mol. The van der Waals surface area contributed by atoms with Crippen LogP contribution in [0.3, 0.4) is 0 Å². The third-order valence-corrected chi connectivity index (χ3v) is 4.11. The van der Waals surface area contributed by atoms with Crippen molar-refractivity contribution >= 4 is 17.7 Å². The lowest BCUT2D eigenvalue weighted by atomic mass is 10.2. The summed E-state index contributed by atoms with van der Waals surface area (Å²) in [5.74, 6) is 1.62. The molecule has 162 valence electrons. The highest BCUT2D eigenvalue weighted by Gasteiger charge is 2.05. The van der Waals surface area contributed by atoms with Crippen LogP contribution in [0.5, 0.6) is 5.75 Å². The van der Waals surface area contributed by atoms with Gasteiger partial charge in [-0.3, -0.25) is 0 Å². The van der Waals surface area contributed by atoms with Gasteiger partial charge in [-0.15, -0.1) is 0 Å². The molecule has 0 heterocycles. The maximum Gasteiger partial charge on any atom is 0.319 e. The van der Waals surface area contributed by atoms with Gasteiger partial charge in [-0.05, 0) is 51.5 Å². The normalized spacial score (nSPS) is 11.2. The zero-order valence-electron chi connectivity index (χ0n) is 18.3. The zero-order valence-corrected chi connectivity index (χ0v) is 18.3. The van der Waals surface area contributed by atoms with Crippen molar-refractivity contribution in [3.05, 3.63) is 59.7 Å². The highest BCUT2D eigenvalue weighted by Crippen LogP contribution is 2.17. The Bertz CT molecular complexity index is 819. The van der Waals surface area contributed by atoms with Crippen molar-refractivity contribution in [2.45, 2.75) is 46.8 Å². The lowest BCUT2D eigenvalue weighted by Gasteiger charge is -2.14. The number of urea groups is 1. The van der Waals surface area contributed by atoms with Crippen LogP contribution in [-0.4, -0.2) is 31.2 Å². The monoisotopic (exact) mass is 411 g/mol. The van der Waals surface area contributed by atoms with Gasteiger partial charge in [0.2, 0.25) is 0 Å². The fourth-order valence-corrected chi connectivity index (χ4v) is 2.76. The first-order valence-corrected chi connectivity index (χ1v) is 10.4. The summed E-state index contributed by atoms with van der Waals surface area (Å²) in [4.78, 5) is 16.4. The van der Waals surface area contributed by atoms with Gasteiger partial charge >= 0.3 is 6.03 Å². The number of para-hydroxylation sites is 1. The minimum absolute atomic E-state index is 0.0936. The molecule has 2 rings (SSSR count). The predicted octanol–water partition coefficient (Wildman–Crippen LogP) is 3.87. The maximum atomic E-state index is 11.8. The molecule has 0 aliphatic heterocycles. The fraction of sp³-hybridized carbons (Fsp3) is 0.391. The van der Waals surface area contributed by atoms with Gasteiger partial charge < -0.3 is 26.0 Å². The molecule has 7 nitrogen and oxygen atoms in total. The predicted molar refractivity (Wildman–Crippen MR) is 123 cm³/mol. The Kier molecular flexibility index (Phi) is 9.51. The highest BCUT2D eigenvalue weighted by molar-refractivity contribution is 5.89. The summed E-state index contributed by atoms with van der Waals surface area (Å²) in [6, 6.07) is 15.6. The first-order valence-electron chi connectivity index (χ1n) is 10.4. The fourth-order valence-electron chi connectivity index (χ4n) is 2.76. The van der Waals surface area contributed by atoms with Gasteiger partial charge in [0.1, 0.15) is 5.75 Å².